The number of H-pyrrole nitrogens is 1. The van der Waals surface area contributed by atoms with Gasteiger partial charge in [0, 0.05) is 18.5 Å². The molecule has 0 atom stereocenters. The van der Waals surface area contributed by atoms with E-state index in [1.165, 1.54) is 5.57 Å². The van der Waals surface area contributed by atoms with Crippen molar-refractivity contribution < 1.29 is 9.53 Å². The third kappa shape index (κ3) is 13.6. The highest BCUT2D eigenvalue weighted by Gasteiger charge is 2.11. The Balaban J connectivity index is 0.000000968. The van der Waals surface area contributed by atoms with Gasteiger partial charge in [0.05, 0.1) is 12.3 Å². The van der Waals surface area contributed by atoms with E-state index in [1.807, 2.05) is 44.2 Å². The summed E-state index contributed by atoms with van der Waals surface area (Å²) >= 11 is 0. The van der Waals surface area contributed by atoms with Crippen molar-refractivity contribution in [1.82, 2.24) is 15.3 Å². The molecule has 0 saturated heterocycles. The number of nitrogens with zero attached hydrogens (tertiary/aromatic N) is 1. The number of aromatic amines is 1. The van der Waals surface area contributed by atoms with Gasteiger partial charge in [-0.05, 0) is 46.1 Å². The minimum atomic E-state index is -0.472. The zero-order valence-electron chi connectivity index (χ0n) is 20.7. The molecular formula is C27H39N3O3. The van der Waals surface area contributed by atoms with Crippen molar-refractivity contribution in [3.63, 3.8) is 0 Å². The molecule has 0 radical (unpaired) electrons. The molecule has 0 aliphatic heterocycles. The van der Waals surface area contributed by atoms with E-state index in [9.17, 15) is 9.59 Å². The molecule has 1 amide bonds. The molecule has 1 aromatic carbocycles. The third-order valence-electron chi connectivity index (χ3n) is 4.36. The summed E-state index contributed by atoms with van der Waals surface area (Å²) in [6.07, 6.45) is 6.57. The lowest BCUT2D eigenvalue weighted by Crippen LogP contribution is -2.29. The average Bonchev–Trinajstić information content (AvgIpc) is 2.81. The normalized spacial score (nSPS) is 9.24. The molecule has 2 aromatic rings. The lowest BCUT2D eigenvalue weighted by Gasteiger charge is -2.10. The minimum absolute atomic E-state index is 0.140. The van der Waals surface area contributed by atoms with Crippen molar-refractivity contribution >= 4 is 6.09 Å². The summed E-state index contributed by atoms with van der Waals surface area (Å²) in [7, 11) is 0. The molecule has 1 aromatic heterocycles. The monoisotopic (exact) mass is 453 g/mol. The van der Waals surface area contributed by atoms with Gasteiger partial charge >= 0.3 is 6.09 Å². The van der Waals surface area contributed by atoms with Crippen LogP contribution in [0.4, 0.5) is 4.79 Å². The van der Waals surface area contributed by atoms with Gasteiger partial charge in [0.15, 0.2) is 0 Å². The van der Waals surface area contributed by atoms with Gasteiger partial charge in [-0.15, -0.1) is 0 Å². The van der Waals surface area contributed by atoms with Crippen LogP contribution in [0.25, 0.3) is 0 Å². The summed E-state index contributed by atoms with van der Waals surface area (Å²) in [6, 6.07) is 9.88. The number of benzene rings is 1. The molecule has 0 unspecified atom stereocenters. The van der Waals surface area contributed by atoms with Crippen molar-refractivity contribution in [2.75, 3.05) is 13.2 Å². The minimum Gasteiger partial charge on any atom is -0.450 e. The predicted octanol–water partition coefficient (Wildman–Crippen LogP) is 5.54. The number of ether oxygens (including phenoxy) is 1. The Hall–Kier alpha value is -3.41. The molecule has 2 rings (SSSR count). The molecule has 0 aliphatic carbocycles. The van der Waals surface area contributed by atoms with Crippen LogP contribution in [-0.2, 0) is 24.0 Å². The first-order valence-electron chi connectivity index (χ1n) is 11.2. The second kappa shape index (κ2) is 18.2. The molecule has 0 saturated carbocycles. The zero-order valence-corrected chi connectivity index (χ0v) is 20.7. The second-order valence-corrected chi connectivity index (χ2v) is 7.19. The first-order chi connectivity index (χ1) is 15.8. The average molecular weight is 454 g/mol. The molecule has 0 fully saturated rings. The SMILES string of the molecule is C=CC=C.CC=C(C)C.CCOC(=O)NCCc1c(CC)nc(Cc2ccccc2)[nH]c1=O. The molecule has 0 bridgehead atoms. The Kier molecular flexibility index (Phi) is 16.3. The Morgan fingerprint density at radius 1 is 1.15 bits per heavy atom. The first-order valence-corrected chi connectivity index (χ1v) is 11.2. The van der Waals surface area contributed by atoms with Crippen LogP contribution in [0.1, 0.15) is 57.3 Å². The van der Waals surface area contributed by atoms with Gasteiger partial charge in [0.25, 0.3) is 5.56 Å². The van der Waals surface area contributed by atoms with E-state index >= 15 is 0 Å². The number of allylic oxidation sites excluding steroid dienone is 4. The van der Waals surface area contributed by atoms with Crippen LogP contribution < -0.4 is 10.9 Å². The van der Waals surface area contributed by atoms with E-state index in [0.717, 1.165) is 11.3 Å². The van der Waals surface area contributed by atoms with E-state index in [0.29, 0.717) is 43.8 Å². The summed E-state index contributed by atoms with van der Waals surface area (Å²) in [5.41, 5.74) is 3.73. The van der Waals surface area contributed by atoms with Crippen LogP contribution in [0.15, 0.2) is 72.1 Å². The van der Waals surface area contributed by atoms with Crippen LogP contribution in [0.5, 0.6) is 0 Å². The molecule has 0 spiro atoms. The zero-order chi connectivity index (χ0) is 25.1. The number of aromatic nitrogens is 2. The maximum absolute atomic E-state index is 12.4. The van der Waals surface area contributed by atoms with Crippen molar-refractivity contribution in [2.45, 2.75) is 53.9 Å². The molecule has 1 heterocycles. The number of carbonyl (C=O) groups is 1. The van der Waals surface area contributed by atoms with Crippen molar-refractivity contribution in [2.24, 2.45) is 0 Å². The van der Waals surface area contributed by atoms with Crippen LogP contribution >= 0.6 is 0 Å². The van der Waals surface area contributed by atoms with Crippen LogP contribution in [0.3, 0.4) is 0 Å². The fraction of sp³-hybridized carbons (Fsp3) is 0.370. The van der Waals surface area contributed by atoms with E-state index in [-0.39, 0.29) is 5.56 Å². The lowest BCUT2D eigenvalue weighted by atomic mass is 10.1. The van der Waals surface area contributed by atoms with Gasteiger partial charge in [-0.3, -0.25) is 4.79 Å². The third-order valence-corrected chi connectivity index (χ3v) is 4.36. The number of hydrogen-bond donors (Lipinski definition) is 2. The topological polar surface area (TPSA) is 84.1 Å². The number of alkyl carbamates (subject to hydrolysis) is 1. The Labute approximate surface area is 198 Å². The molecular weight excluding hydrogens is 414 g/mol. The smallest absolute Gasteiger partial charge is 0.407 e. The van der Waals surface area contributed by atoms with E-state index < -0.39 is 6.09 Å². The molecule has 6 nitrogen and oxygen atoms in total. The quantitative estimate of drug-likeness (QED) is 0.406. The highest BCUT2D eigenvalue weighted by Crippen LogP contribution is 2.08. The number of aryl methyl sites for hydroxylation is 1. The van der Waals surface area contributed by atoms with Crippen molar-refractivity contribution in [1.29, 1.82) is 0 Å². The number of nitrogens with one attached hydrogen (secondary N) is 2. The summed E-state index contributed by atoms with van der Waals surface area (Å²) in [4.78, 5) is 31.1. The van der Waals surface area contributed by atoms with E-state index in [1.54, 1.807) is 19.1 Å². The largest absolute Gasteiger partial charge is 0.450 e. The van der Waals surface area contributed by atoms with Gasteiger partial charge in [-0.1, -0.05) is 74.2 Å². The predicted molar refractivity (Wildman–Crippen MR) is 138 cm³/mol. The molecule has 2 N–H and O–H groups in total. The van der Waals surface area contributed by atoms with Crippen molar-refractivity contribution in [3.8, 4) is 0 Å². The van der Waals surface area contributed by atoms with Crippen LogP contribution in [-0.4, -0.2) is 29.2 Å². The number of carbonyl (C=O) groups excluding carboxylic acids is 1. The second-order valence-electron chi connectivity index (χ2n) is 7.19. The molecule has 6 heteroatoms. The summed E-state index contributed by atoms with van der Waals surface area (Å²) in [5.74, 6) is 0.658. The fourth-order valence-corrected chi connectivity index (χ4v) is 2.49. The van der Waals surface area contributed by atoms with Gasteiger partial charge in [0.1, 0.15) is 5.82 Å². The summed E-state index contributed by atoms with van der Waals surface area (Å²) in [5, 5.41) is 2.62. The standard InChI is InChI=1S/C18H23N3O3.C5H10.C4H6/c1-3-15-14(10-11-19-18(23)24-4-2)17(22)21-16(20-15)12-13-8-6-5-7-9-13;1-4-5(2)3;1-3-4-2/h5-9H,3-4,10-12H2,1-2H3,(H,19,23)(H,20,21,22);4H,1-3H3;3-4H,1-2H2. The highest BCUT2D eigenvalue weighted by molar-refractivity contribution is 5.67. The highest BCUT2D eigenvalue weighted by atomic mass is 16.5. The van der Waals surface area contributed by atoms with Gasteiger partial charge < -0.3 is 15.0 Å². The van der Waals surface area contributed by atoms with E-state index in [2.05, 4.69) is 48.4 Å². The Morgan fingerprint density at radius 2 is 1.76 bits per heavy atom. The Morgan fingerprint density at radius 3 is 2.24 bits per heavy atom. The summed E-state index contributed by atoms with van der Waals surface area (Å²) < 4.78 is 4.80. The number of amides is 1. The Bertz CT molecular complexity index is 921. The van der Waals surface area contributed by atoms with Gasteiger partial charge in [-0.25, -0.2) is 9.78 Å². The van der Waals surface area contributed by atoms with Crippen LogP contribution in [0.2, 0.25) is 0 Å². The van der Waals surface area contributed by atoms with Crippen LogP contribution in [0, 0.1) is 0 Å². The van der Waals surface area contributed by atoms with Crippen molar-refractivity contribution in [3.05, 3.63) is 100 Å². The molecule has 0 aliphatic rings. The van der Waals surface area contributed by atoms with Gasteiger partial charge in [-0.2, -0.15) is 0 Å². The summed E-state index contributed by atoms with van der Waals surface area (Å²) in [6.45, 7) is 17.3. The number of hydrogen-bond acceptors (Lipinski definition) is 4. The fourth-order valence-electron chi connectivity index (χ4n) is 2.49. The maximum atomic E-state index is 12.4. The maximum Gasteiger partial charge on any atom is 0.407 e. The lowest BCUT2D eigenvalue weighted by molar-refractivity contribution is 0.152. The first kappa shape index (κ1) is 29.6. The number of rotatable bonds is 8. The van der Waals surface area contributed by atoms with Gasteiger partial charge in [0.2, 0.25) is 0 Å². The van der Waals surface area contributed by atoms with E-state index in [4.69, 9.17) is 4.74 Å². The molecule has 33 heavy (non-hydrogen) atoms. The molecule has 180 valence electrons.